The lowest BCUT2D eigenvalue weighted by atomic mass is 9.88. The maximum absolute atomic E-state index is 12.6. The Labute approximate surface area is 204 Å². The van der Waals surface area contributed by atoms with Crippen molar-refractivity contribution in [3.8, 4) is 11.3 Å². The molecule has 4 N–H and O–H groups in total. The van der Waals surface area contributed by atoms with Crippen LogP contribution in [0.5, 0.6) is 0 Å². The summed E-state index contributed by atoms with van der Waals surface area (Å²) in [5, 5.41) is 7.04. The lowest BCUT2D eigenvalue weighted by Crippen LogP contribution is -2.34. The number of furan rings is 1. The van der Waals surface area contributed by atoms with Gasteiger partial charge >= 0.3 is 0 Å². The van der Waals surface area contributed by atoms with Gasteiger partial charge in [0.2, 0.25) is 0 Å². The molecule has 32 heavy (non-hydrogen) atoms. The standard InChI is InChI=1S/C22H19Cl2N3O3S2/c1-10-2-4-13-17(8-10)32-21(18(13)19(25)28)27-22(31)26-20(29)16-7-6-15(30-16)12-5-3-11(23)9-14(12)24/h3,5-7,9-10H,2,4,8H2,1H3,(H2,25,28)(H2,26,27,29,31)/t10-/m0/s1. The highest BCUT2D eigenvalue weighted by molar-refractivity contribution is 7.80. The molecule has 3 aromatic rings. The van der Waals surface area contributed by atoms with Crippen molar-refractivity contribution in [2.24, 2.45) is 11.7 Å². The van der Waals surface area contributed by atoms with E-state index in [-0.39, 0.29) is 10.9 Å². The number of primary amides is 1. The Morgan fingerprint density at radius 2 is 2.03 bits per heavy atom. The van der Waals surface area contributed by atoms with E-state index in [1.807, 2.05) is 0 Å². The topological polar surface area (TPSA) is 97.4 Å². The Hall–Kier alpha value is -2.39. The van der Waals surface area contributed by atoms with Crippen molar-refractivity contribution < 1.29 is 14.0 Å². The molecular weight excluding hydrogens is 489 g/mol. The van der Waals surface area contributed by atoms with Crippen LogP contribution >= 0.6 is 46.8 Å². The Bertz CT molecular complexity index is 1240. The average Bonchev–Trinajstić information content (AvgIpc) is 3.32. The average molecular weight is 508 g/mol. The quantitative estimate of drug-likeness (QED) is 0.395. The fourth-order valence-electron chi connectivity index (χ4n) is 3.69. The molecule has 0 saturated heterocycles. The molecule has 0 spiro atoms. The molecule has 6 nitrogen and oxygen atoms in total. The number of hydrogen-bond donors (Lipinski definition) is 3. The first-order valence-electron chi connectivity index (χ1n) is 9.85. The highest BCUT2D eigenvalue weighted by Crippen LogP contribution is 2.39. The van der Waals surface area contributed by atoms with Crippen LogP contribution in [0.25, 0.3) is 11.3 Å². The van der Waals surface area contributed by atoms with E-state index in [1.54, 1.807) is 24.3 Å². The number of carbonyl (C=O) groups is 2. The van der Waals surface area contributed by atoms with Crippen LogP contribution in [-0.2, 0) is 12.8 Å². The van der Waals surface area contributed by atoms with Crippen LogP contribution < -0.4 is 16.4 Å². The number of thiocarbonyl (C=S) groups is 1. The van der Waals surface area contributed by atoms with Gasteiger partial charge in [0.05, 0.1) is 10.6 Å². The Morgan fingerprint density at radius 3 is 2.75 bits per heavy atom. The number of benzene rings is 1. The first-order chi connectivity index (χ1) is 15.2. The van der Waals surface area contributed by atoms with E-state index >= 15 is 0 Å². The molecule has 2 heterocycles. The largest absolute Gasteiger partial charge is 0.451 e. The van der Waals surface area contributed by atoms with E-state index in [1.165, 1.54) is 17.4 Å². The van der Waals surface area contributed by atoms with Crippen molar-refractivity contribution in [3.63, 3.8) is 0 Å². The number of nitrogens with one attached hydrogen (secondary N) is 2. The summed E-state index contributed by atoms with van der Waals surface area (Å²) in [5.74, 6) is -0.0152. The van der Waals surface area contributed by atoms with Gasteiger partial charge < -0.3 is 15.5 Å². The highest BCUT2D eigenvalue weighted by atomic mass is 35.5. The number of hydrogen-bond acceptors (Lipinski definition) is 5. The lowest BCUT2D eigenvalue weighted by Gasteiger charge is -2.18. The molecule has 2 aromatic heterocycles. The zero-order valence-electron chi connectivity index (χ0n) is 17.0. The molecule has 1 aromatic carbocycles. The van der Waals surface area contributed by atoms with Gasteiger partial charge in [-0.3, -0.25) is 14.9 Å². The van der Waals surface area contributed by atoms with E-state index in [4.69, 9.17) is 45.6 Å². The number of amides is 2. The van der Waals surface area contributed by atoms with Gasteiger partial charge in [-0.25, -0.2) is 0 Å². The zero-order valence-corrected chi connectivity index (χ0v) is 20.1. The van der Waals surface area contributed by atoms with E-state index in [2.05, 4.69) is 17.6 Å². The molecule has 0 bridgehead atoms. The Morgan fingerprint density at radius 1 is 1.25 bits per heavy atom. The molecule has 166 valence electrons. The van der Waals surface area contributed by atoms with Crippen LogP contribution in [0, 0.1) is 5.92 Å². The second-order valence-electron chi connectivity index (χ2n) is 7.62. The molecule has 1 atom stereocenters. The number of nitrogens with two attached hydrogens (primary N) is 1. The van der Waals surface area contributed by atoms with Gasteiger partial charge in [-0.05, 0) is 73.3 Å². The summed E-state index contributed by atoms with van der Waals surface area (Å²) in [4.78, 5) is 25.8. The van der Waals surface area contributed by atoms with Crippen LogP contribution in [0.2, 0.25) is 10.0 Å². The van der Waals surface area contributed by atoms with Gasteiger partial charge in [0.1, 0.15) is 10.8 Å². The van der Waals surface area contributed by atoms with Crippen molar-refractivity contribution in [2.75, 3.05) is 5.32 Å². The fraction of sp³-hybridized carbons (Fsp3) is 0.227. The summed E-state index contributed by atoms with van der Waals surface area (Å²) in [5.41, 5.74) is 7.67. The van der Waals surface area contributed by atoms with E-state index in [0.717, 1.165) is 29.7 Å². The highest BCUT2D eigenvalue weighted by Gasteiger charge is 2.27. The molecule has 0 radical (unpaired) electrons. The normalized spacial score (nSPS) is 15.2. The van der Waals surface area contributed by atoms with Gasteiger partial charge in [0.15, 0.2) is 10.9 Å². The summed E-state index contributed by atoms with van der Waals surface area (Å²) >= 11 is 18.9. The first kappa shape index (κ1) is 22.8. The maximum atomic E-state index is 12.6. The third-order valence-corrected chi connectivity index (χ3v) is 7.16. The molecule has 10 heteroatoms. The van der Waals surface area contributed by atoms with Crippen LogP contribution in [0.3, 0.4) is 0 Å². The monoisotopic (exact) mass is 507 g/mol. The van der Waals surface area contributed by atoms with Crippen molar-refractivity contribution in [3.05, 3.63) is 62.1 Å². The number of anilines is 1. The second-order valence-corrected chi connectivity index (χ2v) is 9.97. The summed E-state index contributed by atoms with van der Waals surface area (Å²) in [6.07, 6.45) is 2.70. The van der Waals surface area contributed by atoms with Crippen LogP contribution in [0.1, 0.15) is 44.7 Å². The third-order valence-electron chi connectivity index (χ3n) is 5.24. The van der Waals surface area contributed by atoms with Crippen molar-refractivity contribution >= 4 is 68.7 Å². The Balaban J connectivity index is 1.48. The van der Waals surface area contributed by atoms with Crippen LogP contribution in [0.4, 0.5) is 5.00 Å². The molecule has 4 rings (SSSR count). The van der Waals surface area contributed by atoms with Crippen LogP contribution in [0.15, 0.2) is 34.7 Å². The SMILES string of the molecule is C[C@H]1CCc2c(sc(NC(=S)NC(=O)c3ccc(-c4ccc(Cl)cc4Cl)o3)c2C(N)=O)C1. The minimum Gasteiger partial charge on any atom is -0.451 e. The molecule has 0 aliphatic heterocycles. The van der Waals surface area contributed by atoms with E-state index in [0.29, 0.717) is 37.9 Å². The number of rotatable bonds is 4. The van der Waals surface area contributed by atoms with Crippen molar-refractivity contribution in [2.45, 2.75) is 26.2 Å². The van der Waals surface area contributed by atoms with Crippen LogP contribution in [-0.4, -0.2) is 16.9 Å². The second kappa shape index (κ2) is 9.23. The lowest BCUT2D eigenvalue weighted by molar-refractivity contribution is 0.0950. The van der Waals surface area contributed by atoms with Gasteiger partial charge in [-0.2, -0.15) is 0 Å². The fourth-order valence-corrected chi connectivity index (χ4v) is 5.87. The van der Waals surface area contributed by atoms with Gasteiger partial charge in [0.25, 0.3) is 11.8 Å². The van der Waals surface area contributed by atoms with E-state index in [9.17, 15) is 9.59 Å². The zero-order chi connectivity index (χ0) is 23.0. The van der Waals surface area contributed by atoms with Crippen molar-refractivity contribution in [1.29, 1.82) is 0 Å². The number of thiophene rings is 1. The van der Waals surface area contributed by atoms with E-state index < -0.39 is 11.8 Å². The summed E-state index contributed by atoms with van der Waals surface area (Å²) in [6, 6.07) is 8.15. The third kappa shape index (κ3) is 4.68. The molecule has 0 fully saturated rings. The Kier molecular flexibility index (Phi) is 6.57. The molecule has 1 aliphatic carbocycles. The summed E-state index contributed by atoms with van der Waals surface area (Å²) in [6.45, 7) is 2.18. The molecule has 1 aliphatic rings. The molecule has 0 saturated carbocycles. The number of carbonyl (C=O) groups excluding carboxylic acids is 2. The van der Waals surface area contributed by atoms with Gasteiger partial charge in [-0.15, -0.1) is 11.3 Å². The minimum absolute atomic E-state index is 0.0478. The number of halogens is 2. The molecular formula is C22H19Cl2N3O3S2. The van der Waals surface area contributed by atoms with Crippen molar-refractivity contribution in [1.82, 2.24) is 5.32 Å². The smallest absolute Gasteiger partial charge is 0.293 e. The summed E-state index contributed by atoms with van der Waals surface area (Å²) in [7, 11) is 0. The summed E-state index contributed by atoms with van der Waals surface area (Å²) < 4.78 is 5.64. The van der Waals surface area contributed by atoms with Gasteiger partial charge in [-0.1, -0.05) is 30.1 Å². The predicted octanol–water partition coefficient (Wildman–Crippen LogP) is 5.67. The van der Waals surface area contributed by atoms with Gasteiger partial charge in [0, 0.05) is 15.5 Å². The predicted molar refractivity (Wildman–Crippen MR) is 132 cm³/mol. The minimum atomic E-state index is -0.533. The molecule has 0 unspecified atom stereocenters. The first-order valence-corrected chi connectivity index (χ1v) is 11.8. The number of fused-ring (bicyclic) bond motifs is 1. The maximum Gasteiger partial charge on any atom is 0.293 e. The molecule has 2 amide bonds.